The van der Waals surface area contributed by atoms with Crippen LogP contribution in [0.3, 0.4) is 0 Å². The lowest BCUT2D eigenvalue weighted by Gasteiger charge is -2.19. The van der Waals surface area contributed by atoms with E-state index in [1.165, 1.54) is 0 Å². The highest BCUT2D eigenvalue weighted by molar-refractivity contribution is 5.55. The van der Waals surface area contributed by atoms with E-state index in [1.807, 2.05) is 43.3 Å². The van der Waals surface area contributed by atoms with E-state index >= 15 is 0 Å². The molecule has 110 valence electrons. The summed E-state index contributed by atoms with van der Waals surface area (Å²) in [5, 5.41) is 3.39. The monoisotopic (exact) mass is 285 g/mol. The second-order valence-corrected chi connectivity index (χ2v) is 4.75. The summed E-state index contributed by atoms with van der Waals surface area (Å²) in [6.07, 6.45) is 0. The van der Waals surface area contributed by atoms with Gasteiger partial charge in [0.05, 0.1) is 6.61 Å². The number of rotatable bonds is 5. The molecule has 1 heterocycles. The van der Waals surface area contributed by atoms with Gasteiger partial charge in [-0.15, -0.1) is 0 Å². The van der Waals surface area contributed by atoms with Crippen molar-refractivity contribution in [3.8, 4) is 17.2 Å². The molecule has 0 fully saturated rings. The molecule has 4 heteroatoms. The average Bonchev–Trinajstić information content (AvgIpc) is 2.54. The summed E-state index contributed by atoms with van der Waals surface area (Å²) in [4.78, 5) is 0. The van der Waals surface area contributed by atoms with Gasteiger partial charge in [-0.1, -0.05) is 18.2 Å². The zero-order chi connectivity index (χ0) is 14.5. The molecule has 0 aliphatic carbocycles. The molecule has 0 radical (unpaired) electrons. The summed E-state index contributed by atoms with van der Waals surface area (Å²) in [6, 6.07) is 14.0. The topological polar surface area (TPSA) is 39.7 Å². The smallest absolute Gasteiger partial charge is 0.163 e. The van der Waals surface area contributed by atoms with Gasteiger partial charge in [-0.05, 0) is 25.1 Å². The summed E-state index contributed by atoms with van der Waals surface area (Å²) in [6.45, 7) is 4.58. The molecular formula is C17H19NO3. The third-order valence-corrected chi connectivity index (χ3v) is 3.30. The van der Waals surface area contributed by atoms with Crippen molar-refractivity contribution in [3.63, 3.8) is 0 Å². The standard InChI is InChI=1S/C17H19NO3/c1-2-19-15-6-4-3-5-13(15)12-18-14-7-8-16-17(11-14)21-10-9-20-16/h3-8,11,18H,2,9-10,12H2,1H3. The second kappa shape index (κ2) is 6.39. The van der Waals surface area contributed by atoms with Crippen molar-refractivity contribution in [2.24, 2.45) is 0 Å². The second-order valence-electron chi connectivity index (χ2n) is 4.75. The van der Waals surface area contributed by atoms with Crippen LogP contribution < -0.4 is 19.5 Å². The van der Waals surface area contributed by atoms with Crippen molar-refractivity contribution >= 4 is 5.69 Å². The molecule has 0 unspecified atom stereocenters. The number of hydrogen-bond acceptors (Lipinski definition) is 4. The van der Waals surface area contributed by atoms with E-state index in [4.69, 9.17) is 14.2 Å². The van der Waals surface area contributed by atoms with Crippen LogP contribution in [-0.2, 0) is 6.54 Å². The summed E-state index contributed by atoms with van der Waals surface area (Å²) in [5.41, 5.74) is 2.14. The van der Waals surface area contributed by atoms with E-state index in [9.17, 15) is 0 Å². The van der Waals surface area contributed by atoms with Gasteiger partial charge in [-0.25, -0.2) is 0 Å². The minimum Gasteiger partial charge on any atom is -0.494 e. The van der Waals surface area contributed by atoms with Crippen LogP contribution in [0.2, 0.25) is 0 Å². The maximum Gasteiger partial charge on any atom is 0.163 e. The van der Waals surface area contributed by atoms with Gasteiger partial charge in [-0.3, -0.25) is 0 Å². The SMILES string of the molecule is CCOc1ccccc1CNc1ccc2c(c1)OCCO2. The van der Waals surface area contributed by atoms with Crippen LogP contribution >= 0.6 is 0 Å². The number of anilines is 1. The van der Waals surface area contributed by atoms with E-state index < -0.39 is 0 Å². The molecule has 0 atom stereocenters. The molecule has 0 spiro atoms. The van der Waals surface area contributed by atoms with Crippen LogP contribution in [-0.4, -0.2) is 19.8 Å². The van der Waals surface area contributed by atoms with Gasteiger partial charge in [0.2, 0.25) is 0 Å². The first kappa shape index (κ1) is 13.6. The maximum absolute atomic E-state index is 5.63. The molecule has 0 saturated heterocycles. The Hall–Kier alpha value is -2.36. The highest BCUT2D eigenvalue weighted by Gasteiger charge is 2.11. The number of benzene rings is 2. The Bertz CT molecular complexity index is 613. The van der Waals surface area contributed by atoms with E-state index in [2.05, 4.69) is 11.4 Å². The van der Waals surface area contributed by atoms with Crippen LogP contribution in [0.5, 0.6) is 17.2 Å². The molecule has 4 nitrogen and oxygen atoms in total. The lowest BCUT2D eigenvalue weighted by molar-refractivity contribution is 0.171. The van der Waals surface area contributed by atoms with Crippen molar-refractivity contribution in [1.29, 1.82) is 0 Å². The van der Waals surface area contributed by atoms with Crippen LogP contribution in [0.15, 0.2) is 42.5 Å². The van der Waals surface area contributed by atoms with Crippen LogP contribution in [0.4, 0.5) is 5.69 Å². The fourth-order valence-electron chi connectivity index (χ4n) is 2.30. The minimum atomic E-state index is 0.601. The lowest BCUT2D eigenvalue weighted by Crippen LogP contribution is -2.15. The molecule has 1 aliphatic heterocycles. The highest BCUT2D eigenvalue weighted by Crippen LogP contribution is 2.32. The Morgan fingerprint density at radius 1 is 1.05 bits per heavy atom. The third kappa shape index (κ3) is 3.21. The van der Waals surface area contributed by atoms with Gasteiger partial charge in [0.15, 0.2) is 11.5 Å². The number of ether oxygens (including phenoxy) is 3. The zero-order valence-corrected chi connectivity index (χ0v) is 12.1. The Kier molecular flexibility index (Phi) is 4.15. The summed E-state index contributed by atoms with van der Waals surface area (Å²) in [7, 11) is 0. The molecule has 0 aromatic heterocycles. The molecular weight excluding hydrogens is 266 g/mol. The van der Waals surface area contributed by atoms with Gasteiger partial charge in [0.25, 0.3) is 0 Å². The number of hydrogen-bond donors (Lipinski definition) is 1. The highest BCUT2D eigenvalue weighted by atomic mass is 16.6. The van der Waals surface area contributed by atoms with Gasteiger partial charge in [-0.2, -0.15) is 0 Å². The lowest BCUT2D eigenvalue weighted by atomic mass is 10.2. The number of fused-ring (bicyclic) bond motifs is 1. The van der Waals surface area contributed by atoms with Gasteiger partial charge >= 0.3 is 0 Å². The zero-order valence-electron chi connectivity index (χ0n) is 12.1. The molecule has 0 amide bonds. The van der Waals surface area contributed by atoms with Gasteiger partial charge in [0.1, 0.15) is 19.0 Å². The minimum absolute atomic E-state index is 0.601. The van der Waals surface area contributed by atoms with Crippen molar-refractivity contribution in [3.05, 3.63) is 48.0 Å². The summed E-state index contributed by atoms with van der Waals surface area (Å²) >= 11 is 0. The number of para-hydroxylation sites is 1. The van der Waals surface area contributed by atoms with Crippen molar-refractivity contribution in [1.82, 2.24) is 0 Å². The largest absolute Gasteiger partial charge is 0.494 e. The van der Waals surface area contributed by atoms with Crippen LogP contribution in [0.1, 0.15) is 12.5 Å². The molecule has 2 aromatic carbocycles. The fraction of sp³-hybridized carbons (Fsp3) is 0.294. The summed E-state index contributed by atoms with van der Waals surface area (Å²) < 4.78 is 16.7. The average molecular weight is 285 g/mol. The molecule has 3 rings (SSSR count). The van der Waals surface area contributed by atoms with E-state index in [0.29, 0.717) is 26.4 Å². The molecule has 0 bridgehead atoms. The molecule has 0 saturated carbocycles. The molecule has 1 aliphatic rings. The Labute approximate surface area is 124 Å². The summed E-state index contributed by atoms with van der Waals surface area (Å²) in [5.74, 6) is 2.52. The van der Waals surface area contributed by atoms with Gasteiger partial charge < -0.3 is 19.5 Å². The van der Waals surface area contributed by atoms with Crippen LogP contribution in [0.25, 0.3) is 0 Å². The third-order valence-electron chi connectivity index (χ3n) is 3.30. The first-order chi connectivity index (χ1) is 10.4. The molecule has 1 N–H and O–H groups in total. The van der Waals surface area contributed by atoms with Crippen molar-refractivity contribution < 1.29 is 14.2 Å². The van der Waals surface area contributed by atoms with E-state index in [1.54, 1.807) is 0 Å². The first-order valence-electron chi connectivity index (χ1n) is 7.21. The predicted octanol–water partition coefficient (Wildman–Crippen LogP) is 3.47. The van der Waals surface area contributed by atoms with Crippen LogP contribution in [0, 0.1) is 0 Å². The first-order valence-corrected chi connectivity index (χ1v) is 7.21. The maximum atomic E-state index is 5.63. The normalized spacial score (nSPS) is 12.8. The van der Waals surface area contributed by atoms with Crippen molar-refractivity contribution in [2.75, 3.05) is 25.1 Å². The molecule has 21 heavy (non-hydrogen) atoms. The molecule has 2 aromatic rings. The van der Waals surface area contributed by atoms with Crippen molar-refractivity contribution in [2.45, 2.75) is 13.5 Å². The Morgan fingerprint density at radius 2 is 1.86 bits per heavy atom. The predicted molar refractivity (Wildman–Crippen MR) is 82.4 cm³/mol. The Balaban J connectivity index is 1.70. The Morgan fingerprint density at radius 3 is 2.71 bits per heavy atom. The van der Waals surface area contributed by atoms with E-state index in [-0.39, 0.29) is 0 Å². The fourth-order valence-corrected chi connectivity index (χ4v) is 2.30. The van der Waals surface area contributed by atoms with Gasteiger partial charge in [0, 0.05) is 23.9 Å². The van der Waals surface area contributed by atoms with E-state index in [0.717, 1.165) is 28.5 Å². The number of nitrogens with one attached hydrogen (secondary N) is 1. The quantitative estimate of drug-likeness (QED) is 0.913.